The van der Waals surface area contributed by atoms with Gasteiger partial charge in [0.15, 0.2) is 0 Å². The summed E-state index contributed by atoms with van der Waals surface area (Å²) in [5, 5.41) is 15.0. The van der Waals surface area contributed by atoms with Crippen molar-refractivity contribution in [1.29, 1.82) is 5.26 Å². The first-order valence-electron chi connectivity index (χ1n) is 9.63. The number of anilines is 1. The number of nitrogens with one attached hydrogen (secondary N) is 2. The molecule has 0 radical (unpaired) electrons. The number of fused-ring (bicyclic) bond motifs is 4. The standard InChI is InChI=1S/C21H18ClN5O4/c22-13-4-5-14-15(9-13)24-17(28)3-1-2-8-31-20-25-16(14)10-19(30)27(20)11-18(29)26-21(12-23)6-7-21/h1,3-5,9-10H,2,6-8,11H2,(H,24,28)(H,26,29)/b3-1+. The summed E-state index contributed by atoms with van der Waals surface area (Å²) < 4.78 is 6.80. The van der Waals surface area contributed by atoms with Gasteiger partial charge in [0.05, 0.1) is 24.1 Å². The van der Waals surface area contributed by atoms with E-state index in [1.807, 2.05) is 0 Å². The second kappa shape index (κ2) is 8.24. The topological polar surface area (TPSA) is 126 Å². The van der Waals surface area contributed by atoms with Gasteiger partial charge in [-0.25, -0.2) is 0 Å². The number of nitriles is 1. The number of hydrogen-bond donors (Lipinski definition) is 2. The molecule has 9 nitrogen and oxygen atoms in total. The lowest BCUT2D eigenvalue weighted by molar-refractivity contribution is -0.122. The van der Waals surface area contributed by atoms with E-state index in [0.29, 0.717) is 35.5 Å². The van der Waals surface area contributed by atoms with E-state index >= 15 is 0 Å². The van der Waals surface area contributed by atoms with Crippen molar-refractivity contribution >= 4 is 29.1 Å². The van der Waals surface area contributed by atoms with Gasteiger partial charge in [-0.3, -0.25) is 19.0 Å². The van der Waals surface area contributed by atoms with Gasteiger partial charge in [-0.05, 0) is 37.1 Å². The van der Waals surface area contributed by atoms with Gasteiger partial charge in [0.1, 0.15) is 12.1 Å². The van der Waals surface area contributed by atoms with Crippen LogP contribution in [0.3, 0.4) is 0 Å². The van der Waals surface area contributed by atoms with Crippen molar-refractivity contribution < 1.29 is 14.3 Å². The van der Waals surface area contributed by atoms with Crippen LogP contribution in [0.15, 0.2) is 41.2 Å². The molecule has 2 N–H and O–H groups in total. The number of carbonyl (C=O) groups is 2. The normalized spacial score (nSPS) is 17.5. The van der Waals surface area contributed by atoms with Gasteiger partial charge in [-0.2, -0.15) is 10.2 Å². The molecule has 0 spiro atoms. The van der Waals surface area contributed by atoms with Crippen LogP contribution in [-0.4, -0.2) is 33.5 Å². The van der Waals surface area contributed by atoms with Crippen LogP contribution in [0.5, 0.6) is 6.01 Å². The first-order valence-corrected chi connectivity index (χ1v) is 10.0. The molecule has 1 aliphatic heterocycles. The zero-order valence-electron chi connectivity index (χ0n) is 16.4. The molecule has 1 aromatic heterocycles. The number of rotatable bonds is 3. The molecule has 1 saturated carbocycles. The molecular weight excluding hydrogens is 422 g/mol. The zero-order chi connectivity index (χ0) is 22.0. The fourth-order valence-corrected chi connectivity index (χ4v) is 3.32. The lowest BCUT2D eigenvalue weighted by atomic mass is 10.1. The number of nitrogens with zero attached hydrogens (tertiary/aromatic N) is 3. The van der Waals surface area contributed by atoms with E-state index in [0.717, 1.165) is 4.57 Å². The molecular formula is C21H18ClN5O4. The third-order valence-electron chi connectivity index (χ3n) is 4.92. The van der Waals surface area contributed by atoms with E-state index < -0.39 is 17.0 Å². The van der Waals surface area contributed by atoms with Crippen LogP contribution in [0, 0.1) is 11.3 Å². The van der Waals surface area contributed by atoms with Crippen LogP contribution in [0.2, 0.25) is 5.02 Å². The Hall–Kier alpha value is -3.64. The summed E-state index contributed by atoms with van der Waals surface area (Å²) in [5.41, 5.74) is -0.207. The number of aromatic nitrogens is 2. The number of carbonyl (C=O) groups excluding carboxylic acids is 2. The molecule has 1 fully saturated rings. The maximum Gasteiger partial charge on any atom is 0.300 e. The number of ether oxygens (including phenoxy) is 1. The average Bonchev–Trinajstić information content (AvgIpc) is 3.49. The molecule has 4 rings (SSSR count). The third kappa shape index (κ3) is 4.59. The average molecular weight is 440 g/mol. The highest BCUT2D eigenvalue weighted by molar-refractivity contribution is 6.31. The minimum atomic E-state index is -0.840. The summed E-state index contributed by atoms with van der Waals surface area (Å²) in [7, 11) is 0. The van der Waals surface area contributed by atoms with Crippen LogP contribution in [-0.2, 0) is 16.1 Å². The highest BCUT2D eigenvalue weighted by Gasteiger charge is 2.44. The Balaban J connectivity index is 1.74. The maximum absolute atomic E-state index is 12.9. The largest absolute Gasteiger partial charge is 0.464 e. The van der Waals surface area contributed by atoms with Crippen LogP contribution >= 0.6 is 11.6 Å². The van der Waals surface area contributed by atoms with Gasteiger partial charge < -0.3 is 15.4 Å². The quantitative estimate of drug-likeness (QED) is 0.753. The predicted octanol–water partition coefficient (Wildman–Crippen LogP) is 2.01. The van der Waals surface area contributed by atoms with Gasteiger partial charge in [-0.1, -0.05) is 17.7 Å². The predicted molar refractivity (Wildman–Crippen MR) is 113 cm³/mol. The minimum absolute atomic E-state index is 0.0272. The summed E-state index contributed by atoms with van der Waals surface area (Å²) in [5.74, 6) is -0.818. The van der Waals surface area contributed by atoms with Crippen LogP contribution in [0.1, 0.15) is 19.3 Å². The van der Waals surface area contributed by atoms with Crippen molar-refractivity contribution in [3.63, 3.8) is 0 Å². The summed E-state index contributed by atoms with van der Waals surface area (Å²) in [6.07, 6.45) is 4.57. The van der Waals surface area contributed by atoms with E-state index in [2.05, 4.69) is 21.7 Å². The highest BCUT2D eigenvalue weighted by Crippen LogP contribution is 2.34. The van der Waals surface area contributed by atoms with Crippen molar-refractivity contribution in [3.8, 4) is 23.3 Å². The molecule has 1 aromatic carbocycles. The maximum atomic E-state index is 12.9. The van der Waals surface area contributed by atoms with Gasteiger partial charge in [0, 0.05) is 23.1 Å². The van der Waals surface area contributed by atoms with Gasteiger partial charge in [0.2, 0.25) is 11.8 Å². The number of halogens is 1. The smallest absolute Gasteiger partial charge is 0.300 e. The van der Waals surface area contributed by atoms with Gasteiger partial charge in [0.25, 0.3) is 11.6 Å². The zero-order valence-corrected chi connectivity index (χ0v) is 17.1. The third-order valence-corrected chi connectivity index (χ3v) is 5.15. The Kier molecular flexibility index (Phi) is 5.48. The molecule has 2 heterocycles. The molecule has 1 aliphatic carbocycles. The molecule has 10 heteroatoms. The van der Waals surface area contributed by atoms with Crippen molar-refractivity contribution in [3.05, 3.63) is 51.8 Å². The highest BCUT2D eigenvalue weighted by atomic mass is 35.5. The molecule has 0 saturated heterocycles. The van der Waals surface area contributed by atoms with E-state index in [-0.39, 0.29) is 30.8 Å². The fraction of sp³-hybridized carbons (Fsp3) is 0.286. The van der Waals surface area contributed by atoms with Gasteiger partial charge >= 0.3 is 0 Å². The number of hydrogen-bond acceptors (Lipinski definition) is 6. The van der Waals surface area contributed by atoms with Gasteiger partial charge in [-0.15, -0.1) is 0 Å². The SMILES string of the molecule is N#CC1(NC(=O)Cn2c3nc(cc2=O)-c2ccc(Cl)cc2NC(=O)/C=C/CCO3)CC1. The Labute approximate surface area is 182 Å². The Morgan fingerprint density at radius 1 is 1.35 bits per heavy atom. The van der Waals surface area contributed by atoms with Crippen molar-refractivity contribution in [2.24, 2.45) is 0 Å². The number of amides is 2. The minimum Gasteiger partial charge on any atom is -0.464 e. The molecule has 2 amide bonds. The second-order valence-electron chi connectivity index (χ2n) is 7.31. The van der Waals surface area contributed by atoms with Crippen LogP contribution in [0.4, 0.5) is 5.69 Å². The Morgan fingerprint density at radius 2 is 2.16 bits per heavy atom. The Morgan fingerprint density at radius 3 is 2.90 bits per heavy atom. The van der Waals surface area contributed by atoms with E-state index in [1.165, 1.54) is 12.1 Å². The first kappa shape index (κ1) is 20.6. The summed E-state index contributed by atoms with van der Waals surface area (Å²) in [6, 6.07) is 8.13. The van der Waals surface area contributed by atoms with Crippen molar-refractivity contribution in [2.75, 3.05) is 11.9 Å². The summed E-state index contributed by atoms with van der Waals surface area (Å²) in [6.45, 7) is -0.179. The molecule has 0 unspecified atom stereocenters. The fourth-order valence-electron chi connectivity index (χ4n) is 3.14. The van der Waals surface area contributed by atoms with Crippen LogP contribution in [0.25, 0.3) is 11.3 Å². The summed E-state index contributed by atoms with van der Waals surface area (Å²) >= 11 is 6.07. The first-order chi connectivity index (χ1) is 14.9. The molecule has 158 valence electrons. The number of benzene rings is 1. The summed E-state index contributed by atoms with van der Waals surface area (Å²) in [4.78, 5) is 41.9. The van der Waals surface area contributed by atoms with E-state index in [4.69, 9.17) is 21.6 Å². The second-order valence-corrected chi connectivity index (χ2v) is 7.75. The van der Waals surface area contributed by atoms with Crippen molar-refractivity contribution in [1.82, 2.24) is 14.9 Å². The monoisotopic (exact) mass is 439 g/mol. The van der Waals surface area contributed by atoms with E-state index in [1.54, 1.807) is 24.3 Å². The van der Waals surface area contributed by atoms with Crippen LogP contribution < -0.4 is 20.9 Å². The molecule has 0 atom stereocenters. The Bertz CT molecular complexity index is 1190. The molecule has 2 aromatic rings. The lowest BCUT2D eigenvalue weighted by Gasteiger charge is -2.16. The molecule has 2 aliphatic rings. The van der Waals surface area contributed by atoms with E-state index in [9.17, 15) is 14.4 Å². The lowest BCUT2D eigenvalue weighted by Crippen LogP contribution is -2.40. The molecule has 2 bridgehead atoms. The molecule has 31 heavy (non-hydrogen) atoms. The van der Waals surface area contributed by atoms with Crippen molar-refractivity contribution in [2.45, 2.75) is 31.3 Å².